The van der Waals surface area contributed by atoms with Crippen molar-refractivity contribution in [3.63, 3.8) is 0 Å². The summed E-state index contributed by atoms with van der Waals surface area (Å²) in [6, 6.07) is 11.9. The Morgan fingerprint density at radius 1 is 1.24 bits per heavy atom. The third kappa shape index (κ3) is 4.10. The molecule has 0 aliphatic heterocycles. The number of aromatic nitrogens is 2. The van der Waals surface area contributed by atoms with Crippen molar-refractivity contribution in [1.82, 2.24) is 15.5 Å². The number of methoxy groups -OCH3 is 1. The minimum atomic E-state index is -0.313. The summed E-state index contributed by atoms with van der Waals surface area (Å²) in [5, 5.41) is 7.51. The lowest BCUT2D eigenvalue weighted by molar-refractivity contribution is 0.0946. The van der Waals surface area contributed by atoms with Gasteiger partial charge in [0.05, 0.1) is 18.7 Å². The van der Waals surface area contributed by atoms with Crippen LogP contribution in [-0.4, -0.2) is 23.2 Å². The van der Waals surface area contributed by atoms with Gasteiger partial charge in [-0.3, -0.25) is 4.79 Å². The Hall–Kier alpha value is -2.57. The third-order valence-corrected chi connectivity index (χ3v) is 3.90. The molecule has 0 fully saturated rings. The molecule has 0 radical (unpaired) electrons. The molecule has 1 aromatic heterocycles. The number of benzene rings is 2. The van der Waals surface area contributed by atoms with Crippen molar-refractivity contribution in [2.45, 2.75) is 6.54 Å². The average molecular weight is 378 g/mol. The van der Waals surface area contributed by atoms with Crippen LogP contribution >= 0.6 is 23.2 Å². The number of halogens is 2. The molecule has 6 nitrogen and oxygen atoms in total. The fraction of sp³-hybridized carbons (Fsp3) is 0.118. The quantitative estimate of drug-likeness (QED) is 0.727. The first-order valence-corrected chi connectivity index (χ1v) is 8.02. The van der Waals surface area contributed by atoms with Gasteiger partial charge in [0.15, 0.2) is 0 Å². The van der Waals surface area contributed by atoms with Crippen molar-refractivity contribution in [1.29, 1.82) is 0 Å². The molecule has 25 heavy (non-hydrogen) atoms. The van der Waals surface area contributed by atoms with Crippen LogP contribution in [0.1, 0.15) is 16.2 Å². The Labute approximate surface area is 153 Å². The Bertz CT molecular complexity index is 912. The first-order chi connectivity index (χ1) is 12.1. The summed E-state index contributed by atoms with van der Waals surface area (Å²) in [6.07, 6.45) is 0. The largest absolute Gasteiger partial charge is 0.495 e. The van der Waals surface area contributed by atoms with Gasteiger partial charge in [-0.15, -0.1) is 0 Å². The number of carbonyl (C=O) groups excluding carboxylic acids is 1. The van der Waals surface area contributed by atoms with Crippen LogP contribution in [0, 0.1) is 0 Å². The van der Waals surface area contributed by atoms with Gasteiger partial charge in [0.1, 0.15) is 5.75 Å². The maximum Gasteiger partial charge on any atom is 0.251 e. The fourth-order valence-electron chi connectivity index (χ4n) is 2.14. The molecule has 0 saturated heterocycles. The number of nitrogens with one attached hydrogen (secondary N) is 1. The third-order valence-electron chi connectivity index (χ3n) is 3.37. The number of nitrogens with zero attached hydrogens (tertiary/aromatic N) is 2. The summed E-state index contributed by atoms with van der Waals surface area (Å²) < 4.78 is 10.2. The summed E-state index contributed by atoms with van der Waals surface area (Å²) in [4.78, 5) is 16.4. The minimum absolute atomic E-state index is 0.0933. The average Bonchev–Trinajstić information content (AvgIpc) is 3.08. The molecule has 1 N–H and O–H groups in total. The molecule has 1 amide bonds. The van der Waals surface area contributed by atoms with E-state index in [0.717, 1.165) is 5.56 Å². The first-order valence-electron chi connectivity index (χ1n) is 7.27. The van der Waals surface area contributed by atoms with Gasteiger partial charge in [-0.1, -0.05) is 40.5 Å². The van der Waals surface area contributed by atoms with E-state index in [-0.39, 0.29) is 18.3 Å². The predicted molar refractivity (Wildman–Crippen MR) is 93.9 cm³/mol. The number of hydrogen-bond donors (Lipinski definition) is 1. The van der Waals surface area contributed by atoms with E-state index in [4.69, 9.17) is 32.5 Å². The fourth-order valence-corrected chi connectivity index (χ4v) is 2.59. The van der Waals surface area contributed by atoms with E-state index in [1.54, 1.807) is 30.3 Å². The molecule has 0 aliphatic rings. The molecule has 3 aromatic rings. The number of hydrogen-bond acceptors (Lipinski definition) is 5. The number of rotatable bonds is 5. The number of ether oxygens (including phenoxy) is 1. The zero-order valence-corrected chi connectivity index (χ0v) is 14.6. The highest BCUT2D eigenvalue weighted by molar-refractivity contribution is 6.32. The standard InChI is InChI=1S/C17H13Cl2N3O3/c1-24-14-6-5-11(8-13(14)19)17(23)20-9-15-21-16(22-25-15)10-3-2-4-12(18)7-10/h2-8H,9H2,1H3,(H,20,23). The lowest BCUT2D eigenvalue weighted by Crippen LogP contribution is -2.22. The van der Waals surface area contributed by atoms with Crippen LogP contribution in [0.25, 0.3) is 11.4 Å². The summed E-state index contributed by atoms with van der Waals surface area (Å²) in [7, 11) is 1.51. The van der Waals surface area contributed by atoms with Crippen molar-refractivity contribution in [2.24, 2.45) is 0 Å². The van der Waals surface area contributed by atoms with Crippen LogP contribution in [0.3, 0.4) is 0 Å². The Morgan fingerprint density at radius 3 is 2.80 bits per heavy atom. The highest BCUT2D eigenvalue weighted by atomic mass is 35.5. The molecule has 0 aliphatic carbocycles. The van der Waals surface area contributed by atoms with Gasteiger partial charge in [0.25, 0.3) is 5.91 Å². The molecule has 0 atom stereocenters. The van der Waals surface area contributed by atoms with Gasteiger partial charge in [0, 0.05) is 16.1 Å². The van der Waals surface area contributed by atoms with Crippen molar-refractivity contribution in [3.8, 4) is 17.1 Å². The highest BCUT2D eigenvalue weighted by Crippen LogP contribution is 2.25. The van der Waals surface area contributed by atoms with Gasteiger partial charge < -0.3 is 14.6 Å². The number of amides is 1. The number of carbonyl (C=O) groups is 1. The van der Waals surface area contributed by atoms with Crippen molar-refractivity contribution < 1.29 is 14.1 Å². The van der Waals surface area contributed by atoms with Crippen LogP contribution < -0.4 is 10.1 Å². The second-order valence-corrected chi connectivity index (χ2v) is 5.90. The summed E-state index contributed by atoms with van der Waals surface area (Å²) in [6.45, 7) is 0.0933. The molecule has 3 rings (SSSR count). The molecule has 128 valence electrons. The predicted octanol–water partition coefficient (Wildman–Crippen LogP) is 3.98. The van der Waals surface area contributed by atoms with Crippen molar-refractivity contribution in [3.05, 3.63) is 64.0 Å². The smallest absolute Gasteiger partial charge is 0.251 e. The maximum atomic E-state index is 12.2. The SMILES string of the molecule is COc1ccc(C(=O)NCc2nc(-c3cccc(Cl)c3)no2)cc1Cl. The van der Waals surface area contributed by atoms with Crippen LogP contribution in [0.5, 0.6) is 5.75 Å². The molecule has 0 bridgehead atoms. The van der Waals surface area contributed by atoms with E-state index in [9.17, 15) is 4.79 Å². The van der Waals surface area contributed by atoms with E-state index in [0.29, 0.717) is 27.2 Å². The molecule has 1 heterocycles. The van der Waals surface area contributed by atoms with Crippen molar-refractivity contribution >= 4 is 29.1 Å². The normalized spacial score (nSPS) is 10.5. The topological polar surface area (TPSA) is 77.2 Å². The van der Waals surface area contributed by atoms with Crippen LogP contribution in [0.4, 0.5) is 0 Å². The molecule has 0 spiro atoms. The summed E-state index contributed by atoms with van der Waals surface area (Å²) in [5.41, 5.74) is 1.14. The van der Waals surface area contributed by atoms with E-state index < -0.39 is 0 Å². The van der Waals surface area contributed by atoms with Gasteiger partial charge in [0.2, 0.25) is 11.7 Å². The summed E-state index contributed by atoms with van der Waals surface area (Å²) >= 11 is 12.0. The lowest BCUT2D eigenvalue weighted by Gasteiger charge is -2.06. The molecule has 0 unspecified atom stereocenters. The maximum absolute atomic E-state index is 12.2. The lowest BCUT2D eigenvalue weighted by atomic mass is 10.2. The zero-order chi connectivity index (χ0) is 17.8. The van der Waals surface area contributed by atoms with Gasteiger partial charge in [-0.2, -0.15) is 4.98 Å². The summed E-state index contributed by atoms with van der Waals surface area (Å²) in [5.74, 6) is 0.871. The Morgan fingerprint density at radius 2 is 2.08 bits per heavy atom. The molecule has 2 aromatic carbocycles. The highest BCUT2D eigenvalue weighted by Gasteiger charge is 2.12. The van der Waals surface area contributed by atoms with E-state index in [2.05, 4.69) is 15.5 Å². The Kier molecular flexibility index (Phi) is 5.21. The molecule has 0 saturated carbocycles. The van der Waals surface area contributed by atoms with E-state index >= 15 is 0 Å². The van der Waals surface area contributed by atoms with Gasteiger partial charge in [-0.05, 0) is 30.3 Å². The van der Waals surface area contributed by atoms with Crippen LogP contribution in [-0.2, 0) is 6.54 Å². The molecular formula is C17H13Cl2N3O3. The second kappa shape index (κ2) is 7.55. The molecular weight excluding hydrogens is 365 g/mol. The molecule has 8 heteroatoms. The van der Waals surface area contributed by atoms with Crippen molar-refractivity contribution in [2.75, 3.05) is 7.11 Å². The van der Waals surface area contributed by atoms with E-state index in [1.165, 1.54) is 13.2 Å². The first kappa shape index (κ1) is 17.3. The van der Waals surface area contributed by atoms with E-state index in [1.807, 2.05) is 6.07 Å². The van der Waals surface area contributed by atoms with Gasteiger partial charge >= 0.3 is 0 Å². The van der Waals surface area contributed by atoms with Gasteiger partial charge in [-0.25, -0.2) is 0 Å². The monoisotopic (exact) mass is 377 g/mol. The van der Waals surface area contributed by atoms with Crippen LogP contribution in [0.15, 0.2) is 47.0 Å². The minimum Gasteiger partial charge on any atom is -0.495 e. The Balaban J connectivity index is 1.66. The van der Waals surface area contributed by atoms with Crippen LogP contribution in [0.2, 0.25) is 10.0 Å². The zero-order valence-electron chi connectivity index (χ0n) is 13.1. The second-order valence-electron chi connectivity index (χ2n) is 5.05.